The molecule has 0 atom stereocenters. The second-order valence-corrected chi connectivity index (χ2v) is 3.98. The molecule has 4 nitrogen and oxygen atoms in total. The Kier molecular flexibility index (Phi) is 5.66. The van der Waals surface area contributed by atoms with Crippen molar-refractivity contribution in [1.29, 1.82) is 0 Å². The van der Waals surface area contributed by atoms with Crippen molar-refractivity contribution in [1.82, 2.24) is 10.6 Å². The summed E-state index contributed by atoms with van der Waals surface area (Å²) in [5.74, 6) is -0.0109. The van der Waals surface area contributed by atoms with Crippen LogP contribution in [0.2, 0.25) is 0 Å². The van der Waals surface area contributed by atoms with Gasteiger partial charge in [-0.3, -0.25) is 4.79 Å². The monoisotopic (exact) mass is 188 g/mol. The highest BCUT2D eigenvalue weighted by Crippen LogP contribution is 2.10. The highest BCUT2D eigenvalue weighted by molar-refractivity contribution is 5.72. The second kappa shape index (κ2) is 5.94. The first-order chi connectivity index (χ1) is 5.98. The Hall–Kier alpha value is -0.610. The Bertz CT molecular complexity index is 158. The third-order valence-electron chi connectivity index (χ3n) is 1.71. The first kappa shape index (κ1) is 12.4. The minimum atomic E-state index is -0.0871. The third kappa shape index (κ3) is 7.74. The van der Waals surface area contributed by atoms with E-state index in [0.717, 1.165) is 13.1 Å². The van der Waals surface area contributed by atoms with E-state index in [1.165, 1.54) is 6.92 Å². The molecule has 0 fully saturated rings. The molecule has 0 heterocycles. The fourth-order valence-corrected chi connectivity index (χ4v) is 0.810. The molecule has 0 bridgehead atoms. The van der Waals surface area contributed by atoms with Crippen molar-refractivity contribution in [2.24, 2.45) is 5.41 Å². The molecule has 0 aromatic carbocycles. The summed E-state index contributed by atoms with van der Waals surface area (Å²) < 4.78 is 0. The van der Waals surface area contributed by atoms with Crippen LogP contribution in [0.25, 0.3) is 0 Å². The molecule has 0 saturated heterocycles. The number of aliphatic hydroxyl groups is 1. The van der Waals surface area contributed by atoms with Crippen molar-refractivity contribution < 1.29 is 9.90 Å². The lowest BCUT2D eigenvalue weighted by Crippen LogP contribution is -2.37. The standard InChI is InChI=1S/C9H20N2O2/c1-8(13)11-5-4-10-6-9(2,3)7-12/h10,12H,4-7H2,1-3H3,(H,11,13). The van der Waals surface area contributed by atoms with Crippen LogP contribution in [-0.2, 0) is 4.79 Å². The first-order valence-electron chi connectivity index (χ1n) is 4.54. The van der Waals surface area contributed by atoms with E-state index >= 15 is 0 Å². The lowest BCUT2D eigenvalue weighted by atomic mass is 9.95. The van der Waals surface area contributed by atoms with Gasteiger partial charge in [0.2, 0.25) is 5.91 Å². The Morgan fingerprint density at radius 2 is 2.00 bits per heavy atom. The summed E-state index contributed by atoms with van der Waals surface area (Å²) >= 11 is 0. The maximum atomic E-state index is 10.5. The van der Waals surface area contributed by atoms with Gasteiger partial charge in [-0.1, -0.05) is 13.8 Å². The zero-order chi connectivity index (χ0) is 10.3. The summed E-state index contributed by atoms with van der Waals surface area (Å²) in [4.78, 5) is 10.5. The molecule has 78 valence electrons. The van der Waals surface area contributed by atoms with Crippen molar-refractivity contribution in [2.75, 3.05) is 26.2 Å². The van der Waals surface area contributed by atoms with E-state index in [1.807, 2.05) is 13.8 Å². The van der Waals surface area contributed by atoms with Crippen LogP contribution in [0, 0.1) is 5.41 Å². The van der Waals surface area contributed by atoms with E-state index in [2.05, 4.69) is 10.6 Å². The molecule has 0 rings (SSSR count). The van der Waals surface area contributed by atoms with Crippen molar-refractivity contribution >= 4 is 5.91 Å². The van der Waals surface area contributed by atoms with E-state index in [4.69, 9.17) is 5.11 Å². The van der Waals surface area contributed by atoms with Gasteiger partial charge in [0.05, 0.1) is 0 Å². The fraction of sp³-hybridized carbons (Fsp3) is 0.889. The summed E-state index contributed by atoms with van der Waals surface area (Å²) in [5.41, 5.74) is -0.0871. The molecule has 1 amide bonds. The summed E-state index contributed by atoms with van der Waals surface area (Å²) in [6, 6.07) is 0. The number of amides is 1. The van der Waals surface area contributed by atoms with E-state index in [-0.39, 0.29) is 17.9 Å². The zero-order valence-corrected chi connectivity index (χ0v) is 8.68. The summed E-state index contributed by atoms with van der Waals surface area (Å²) in [6.07, 6.45) is 0. The van der Waals surface area contributed by atoms with Gasteiger partial charge in [0.1, 0.15) is 0 Å². The van der Waals surface area contributed by atoms with E-state index in [9.17, 15) is 4.79 Å². The Morgan fingerprint density at radius 3 is 2.46 bits per heavy atom. The highest BCUT2D eigenvalue weighted by Gasteiger charge is 2.14. The molecule has 0 aromatic heterocycles. The number of hydrogen-bond acceptors (Lipinski definition) is 3. The van der Waals surface area contributed by atoms with Gasteiger partial charge >= 0.3 is 0 Å². The van der Waals surface area contributed by atoms with Gasteiger partial charge in [0.15, 0.2) is 0 Å². The normalized spacial score (nSPS) is 11.4. The summed E-state index contributed by atoms with van der Waals surface area (Å²) in [7, 11) is 0. The fourth-order valence-electron chi connectivity index (χ4n) is 0.810. The maximum Gasteiger partial charge on any atom is 0.216 e. The molecule has 0 spiro atoms. The number of nitrogens with one attached hydrogen (secondary N) is 2. The van der Waals surface area contributed by atoms with Crippen LogP contribution >= 0.6 is 0 Å². The molecule has 0 saturated carbocycles. The minimum absolute atomic E-state index is 0.0109. The van der Waals surface area contributed by atoms with E-state index < -0.39 is 0 Å². The molecule has 0 aliphatic rings. The summed E-state index contributed by atoms with van der Waals surface area (Å²) in [6.45, 7) is 7.76. The van der Waals surface area contributed by atoms with Crippen molar-refractivity contribution in [3.8, 4) is 0 Å². The molecule has 0 aromatic rings. The largest absolute Gasteiger partial charge is 0.396 e. The van der Waals surface area contributed by atoms with Crippen LogP contribution in [0.5, 0.6) is 0 Å². The van der Waals surface area contributed by atoms with Crippen molar-refractivity contribution in [3.63, 3.8) is 0 Å². The molecular weight excluding hydrogens is 168 g/mol. The number of hydrogen-bond donors (Lipinski definition) is 3. The molecule has 4 heteroatoms. The van der Waals surface area contributed by atoms with Crippen LogP contribution in [0.4, 0.5) is 0 Å². The molecule has 0 aliphatic carbocycles. The third-order valence-corrected chi connectivity index (χ3v) is 1.71. The predicted molar refractivity (Wildman–Crippen MR) is 52.4 cm³/mol. The molecule has 3 N–H and O–H groups in total. The van der Waals surface area contributed by atoms with Crippen LogP contribution < -0.4 is 10.6 Å². The topological polar surface area (TPSA) is 61.4 Å². The molecular formula is C9H20N2O2. The van der Waals surface area contributed by atoms with Crippen LogP contribution in [0.3, 0.4) is 0 Å². The second-order valence-electron chi connectivity index (χ2n) is 3.98. The van der Waals surface area contributed by atoms with Gasteiger partial charge in [0.25, 0.3) is 0 Å². The van der Waals surface area contributed by atoms with Gasteiger partial charge in [-0.2, -0.15) is 0 Å². The molecule has 0 radical (unpaired) electrons. The quantitative estimate of drug-likeness (QED) is 0.503. The first-order valence-corrected chi connectivity index (χ1v) is 4.54. The number of rotatable bonds is 6. The van der Waals surface area contributed by atoms with Crippen LogP contribution in [-0.4, -0.2) is 37.3 Å². The zero-order valence-electron chi connectivity index (χ0n) is 8.68. The van der Waals surface area contributed by atoms with E-state index in [1.54, 1.807) is 0 Å². The average Bonchev–Trinajstić information content (AvgIpc) is 2.03. The molecule has 0 unspecified atom stereocenters. The minimum Gasteiger partial charge on any atom is -0.396 e. The number of carbonyl (C=O) groups is 1. The van der Waals surface area contributed by atoms with Crippen LogP contribution in [0.15, 0.2) is 0 Å². The van der Waals surface area contributed by atoms with Gasteiger partial charge in [0, 0.05) is 38.6 Å². The lowest BCUT2D eigenvalue weighted by molar-refractivity contribution is -0.118. The smallest absolute Gasteiger partial charge is 0.216 e. The Morgan fingerprint density at radius 1 is 1.38 bits per heavy atom. The average molecular weight is 188 g/mol. The maximum absolute atomic E-state index is 10.5. The van der Waals surface area contributed by atoms with Gasteiger partial charge in [-0.05, 0) is 0 Å². The summed E-state index contributed by atoms with van der Waals surface area (Å²) in [5, 5.41) is 14.8. The van der Waals surface area contributed by atoms with Crippen molar-refractivity contribution in [3.05, 3.63) is 0 Å². The number of aliphatic hydroxyl groups excluding tert-OH is 1. The van der Waals surface area contributed by atoms with Crippen molar-refractivity contribution in [2.45, 2.75) is 20.8 Å². The van der Waals surface area contributed by atoms with Crippen LogP contribution in [0.1, 0.15) is 20.8 Å². The van der Waals surface area contributed by atoms with E-state index in [0.29, 0.717) is 6.54 Å². The highest BCUT2D eigenvalue weighted by atomic mass is 16.3. The predicted octanol–water partition coefficient (Wildman–Crippen LogP) is -0.269. The van der Waals surface area contributed by atoms with Gasteiger partial charge in [-0.25, -0.2) is 0 Å². The SMILES string of the molecule is CC(=O)NCCNCC(C)(C)CO. The lowest BCUT2D eigenvalue weighted by Gasteiger charge is -2.21. The van der Waals surface area contributed by atoms with Gasteiger partial charge < -0.3 is 15.7 Å². The van der Waals surface area contributed by atoms with Gasteiger partial charge in [-0.15, -0.1) is 0 Å². The Balaban J connectivity index is 3.30. The molecule has 0 aliphatic heterocycles. The number of carbonyl (C=O) groups excluding carboxylic acids is 1. The molecule has 13 heavy (non-hydrogen) atoms. The Labute approximate surface area is 79.7 Å².